The number of nitrogens with one attached hydrogen (secondary N) is 1. The molecule has 2 unspecified atom stereocenters. The molecule has 0 aromatic rings. The lowest BCUT2D eigenvalue weighted by Gasteiger charge is -2.38. The van der Waals surface area contributed by atoms with Crippen LogP contribution < -0.4 is 5.32 Å². The van der Waals surface area contributed by atoms with Crippen LogP contribution in [0.4, 0.5) is 4.79 Å². The van der Waals surface area contributed by atoms with Crippen molar-refractivity contribution in [1.82, 2.24) is 10.2 Å². The van der Waals surface area contributed by atoms with E-state index in [-0.39, 0.29) is 18.7 Å². The third-order valence-electron chi connectivity index (χ3n) is 3.93. The molecule has 22 heavy (non-hydrogen) atoms. The fraction of sp³-hybridized carbons (Fsp3) is 0.941. The van der Waals surface area contributed by atoms with Crippen LogP contribution in [0.2, 0.25) is 0 Å². The van der Waals surface area contributed by atoms with Crippen molar-refractivity contribution in [2.45, 2.75) is 71.4 Å². The summed E-state index contributed by atoms with van der Waals surface area (Å²) < 4.78 is 5.36. The first kappa shape index (κ1) is 19.2. The number of likely N-dealkylation sites (tertiary alicyclic amines) is 1. The number of hydrogen-bond donors (Lipinski definition) is 2. The van der Waals surface area contributed by atoms with E-state index in [0.717, 1.165) is 38.9 Å². The molecule has 130 valence electrons. The number of nitrogens with zero attached hydrogens (tertiary/aromatic N) is 1. The summed E-state index contributed by atoms with van der Waals surface area (Å²) in [5.41, 5.74) is -0.461. The molecule has 1 heterocycles. The Balaban J connectivity index is 2.53. The first-order chi connectivity index (χ1) is 10.3. The fourth-order valence-electron chi connectivity index (χ4n) is 3.03. The van der Waals surface area contributed by atoms with E-state index in [2.05, 4.69) is 17.1 Å². The minimum absolute atomic E-state index is 0.143. The molecule has 1 aliphatic rings. The van der Waals surface area contributed by atoms with Gasteiger partial charge in [0.25, 0.3) is 0 Å². The van der Waals surface area contributed by atoms with Crippen molar-refractivity contribution >= 4 is 6.09 Å². The summed E-state index contributed by atoms with van der Waals surface area (Å²) in [6.45, 7) is 11.1. The molecule has 0 spiro atoms. The molecule has 0 bridgehead atoms. The molecule has 1 fully saturated rings. The van der Waals surface area contributed by atoms with Crippen molar-refractivity contribution < 1.29 is 14.6 Å². The molecule has 0 radical (unpaired) electrons. The molecule has 0 aliphatic carbocycles. The Labute approximate surface area is 135 Å². The van der Waals surface area contributed by atoms with Gasteiger partial charge in [-0.2, -0.15) is 0 Å². The SMILES string of the molecule is CCCCN1CC(CCCO)CC(NC(=O)OC(C)(C)C)C1. The maximum Gasteiger partial charge on any atom is 0.407 e. The molecule has 0 saturated carbocycles. The van der Waals surface area contributed by atoms with E-state index in [0.29, 0.717) is 5.92 Å². The highest BCUT2D eigenvalue weighted by atomic mass is 16.6. The minimum atomic E-state index is -0.461. The van der Waals surface area contributed by atoms with Gasteiger partial charge >= 0.3 is 6.09 Å². The number of aliphatic hydroxyl groups excluding tert-OH is 1. The highest BCUT2D eigenvalue weighted by Crippen LogP contribution is 2.22. The summed E-state index contributed by atoms with van der Waals surface area (Å²) >= 11 is 0. The summed E-state index contributed by atoms with van der Waals surface area (Å²) in [6, 6.07) is 0.143. The number of ether oxygens (including phenoxy) is 1. The molecule has 5 nitrogen and oxygen atoms in total. The summed E-state index contributed by atoms with van der Waals surface area (Å²) in [5.74, 6) is 0.540. The van der Waals surface area contributed by atoms with Crippen molar-refractivity contribution in [3.05, 3.63) is 0 Å². The van der Waals surface area contributed by atoms with Crippen LogP contribution in [0.1, 0.15) is 59.8 Å². The number of rotatable bonds is 7. The van der Waals surface area contributed by atoms with Gasteiger partial charge in [-0.1, -0.05) is 13.3 Å². The van der Waals surface area contributed by atoms with Gasteiger partial charge in [0, 0.05) is 25.7 Å². The first-order valence-electron chi connectivity index (χ1n) is 8.66. The van der Waals surface area contributed by atoms with Crippen molar-refractivity contribution in [3.63, 3.8) is 0 Å². The zero-order chi connectivity index (χ0) is 16.6. The Morgan fingerprint density at radius 3 is 2.64 bits per heavy atom. The van der Waals surface area contributed by atoms with Crippen LogP contribution in [0.3, 0.4) is 0 Å². The molecular formula is C17H34N2O3. The van der Waals surface area contributed by atoms with Gasteiger partial charge in [0.1, 0.15) is 5.60 Å². The lowest BCUT2D eigenvalue weighted by Crippen LogP contribution is -2.51. The lowest BCUT2D eigenvalue weighted by molar-refractivity contribution is 0.0442. The number of amides is 1. The van der Waals surface area contributed by atoms with E-state index in [1.54, 1.807) is 0 Å². The predicted octanol–water partition coefficient (Wildman–Crippen LogP) is 2.77. The average Bonchev–Trinajstić information content (AvgIpc) is 2.40. The van der Waals surface area contributed by atoms with Crippen LogP contribution in [0, 0.1) is 5.92 Å². The molecule has 5 heteroatoms. The Hall–Kier alpha value is -0.810. The maximum atomic E-state index is 12.0. The summed E-state index contributed by atoms with van der Waals surface area (Å²) in [7, 11) is 0. The van der Waals surface area contributed by atoms with E-state index in [1.807, 2.05) is 20.8 Å². The second-order valence-corrected chi connectivity index (χ2v) is 7.42. The number of carbonyl (C=O) groups is 1. The number of carbonyl (C=O) groups excluding carboxylic acids is 1. The van der Waals surface area contributed by atoms with Gasteiger partial charge in [-0.3, -0.25) is 0 Å². The minimum Gasteiger partial charge on any atom is -0.444 e. The topological polar surface area (TPSA) is 61.8 Å². The molecule has 1 amide bonds. The molecule has 1 saturated heterocycles. The van der Waals surface area contributed by atoms with Crippen molar-refractivity contribution in [2.24, 2.45) is 5.92 Å². The van der Waals surface area contributed by atoms with E-state index in [9.17, 15) is 4.79 Å². The van der Waals surface area contributed by atoms with Crippen molar-refractivity contribution in [1.29, 1.82) is 0 Å². The quantitative estimate of drug-likeness (QED) is 0.758. The van der Waals surface area contributed by atoms with Crippen LogP contribution in [-0.4, -0.2) is 54.0 Å². The monoisotopic (exact) mass is 314 g/mol. The standard InChI is InChI=1S/C17H34N2O3/c1-5-6-9-19-12-14(8-7-10-20)11-15(13-19)18-16(21)22-17(2,3)4/h14-15,20H,5-13H2,1-4H3,(H,18,21). The summed E-state index contributed by atoms with van der Waals surface area (Å²) in [5, 5.41) is 12.1. The molecule has 2 atom stereocenters. The van der Waals surface area contributed by atoms with Crippen molar-refractivity contribution in [2.75, 3.05) is 26.2 Å². The first-order valence-corrected chi connectivity index (χ1v) is 8.66. The van der Waals surface area contributed by atoms with Gasteiger partial charge in [-0.05, 0) is 58.9 Å². The highest BCUT2D eigenvalue weighted by molar-refractivity contribution is 5.68. The van der Waals surface area contributed by atoms with E-state index < -0.39 is 5.60 Å². The van der Waals surface area contributed by atoms with Gasteiger partial charge in [-0.25, -0.2) is 4.79 Å². The number of alkyl carbamates (subject to hydrolysis) is 1. The van der Waals surface area contributed by atoms with Crippen LogP contribution in [-0.2, 0) is 4.74 Å². The second-order valence-electron chi connectivity index (χ2n) is 7.42. The van der Waals surface area contributed by atoms with Crippen molar-refractivity contribution in [3.8, 4) is 0 Å². The number of unbranched alkanes of at least 4 members (excludes halogenated alkanes) is 1. The molecule has 0 aromatic heterocycles. The van der Waals surface area contributed by atoms with Crippen LogP contribution >= 0.6 is 0 Å². The third-order valence-corrected chi connectivity index (χ3v) is 3.93. The Morgan fingerprint density at radius 1 is 1.32 bits per heavy atom. The average molecular weight is 314 g/mol. The molecular weight excluding hydrogens is 280 g/mol. The number of hydrogen-bond acceptors (Lipinski definition) is 4. The third kappa shape index (κ3) is 7.99. The van der Waals surface area contributed by atoms with Crippen LogP contribution in [0.5, 0.6) is 0 Å². The normalized spacial score (nSPS) is 23.3. The zero-order valence-electron chi connectivity index (χ0n) is 14.7. The van der Waals surface area contributed by atoms with E-state index >= 15 is 0 Å². The van der Waals surface area contributed by atoms with Gasteiger partial charge in [0.15, 0.2) is 0 Å². The van der Waals surface area contributed by atoms with E-state index in [1.165, 1.54) is 12.8 Å². The maximum absolute atomic E-state index is 12.0. The second kappa shape index (κ2) is 9.36. The van der Waals surface area contributed by atoms with Gasteiger partial charge in [0.05, 0.1) is 0 Å². The Kier molecular flexibility index (Phi) is 8.18. The Morgan fingerprint density at radius 2 is 2.05 bits per heavy atom. The molecule has 1 aliphatic heterocycles. The summed E-state index contributed by atoms with van der Waals surface area (Å²) in [4.78, 5) is 14.4. The smallest absolute Gasteiger partial charge is 0.407 e. The van der Waals surface area contributed by atoms with Gasteiger partial charge in [0.2, 0.25) is 0 Å². The molecule has 1 rings (SSSR count). The van der Waals surface area contributed by atoms with Gasteiger partial charge < -0.3 is 20.1 Å². The fourth-order valence-corrected chi connectivity index (χ4v) is 3.03. The molecule has 2 N–H and O–H groups in total. The van der Waals surface area contributed by atoms with Crippen LogP contribution in [0.15, 0.2) is 0 Å². The van der Waals surface area contributed by atoms with Gasteiger partial charge in [-0.15, -0.1) is 0 Å². The van der Waals surface area contributed by atoms with Crippen LogP contribution in [0.25, 0.3) is 0 Å². The predicted molar refractivity (Wildman–Crippen MR) is 88.9 cm³/mol. The zero-order valence-corrected chi connectivity index (χ0v) is 14.7. The number of aliphatic hydroxyl groups is 1. The highest BCUT2D eigenvalue weighted by Gasteiger charge is 2.28. The lowest BCUT2D eigenvalue weighted by atomic mass is 9.90. The largest absolute Gasteiger partial charge is 0.444 e. The molecule has 0 aromatic carbocycles. The summed E-state index contributed by atoms with van der Waals surface area (Å²) in [6.07, 6.45) is 4.88. The Bertz CT molecular complexity index is 312. The van der Waals surface area contributed by atoms with E-state index in [4.69, 9.17) is 9.84 Å². The number of piperidine rings is 1.